The van der Waals surface area contributed by atoms with Gasteiger partial charge in [0.25, 0.3) is 0 Å². The Morgan fingerprint density at radius 2 is 1.81 bits per heavy atom. The van der Waals surface area contributed by atoms with E-state index in [2.05, 4.69) is 0 Å². The third-order valence-corrected chi connectivity index (χ3v) is 6.15. The third-order valence-electron chi connectivity index (χ3n) is 4.11. The second kappa shape index (κ2) is 5.05. The maximum absolute atomic E-state index is 12.0. The zero-order valence-corrected chi connectivity index (χ0v) is 11.0. The van der Waals surface area contributed by atoms with Crippen LogP contribution in [0.5, 0.6) is 0 Å². The Balaban J connectivity index is 1.99. The summed E-state index contributed by atoms with van der Waals surface area (Å²) in [5, 5.41) is 0. The first-order valence-corrected chi connectivity index (χ1v) is 8.22. The predicted octanol–water partition coefficient (Wildman–Crippen LogP) is 2.24. The zero-order chi connectivity index (χ0) is 11.6. The van der Waals surface area contributed by atoms with Gasteiger partial charge >= 0.3 is 0 Å². The first-order chi connectivity index (χ1) is 7.63. The first-order valence-electron chi connectivity index (χ1n) is 6.61. The molecule has 2 atom stereocenters. The maximum atomic E-state index is 12.0. The van der Waals surface area contributed by atoms with Gasteiger partial charge in [-0.1, -0.05) is 26.2 Å². The van der Waals surface area contributed by atoms with Crippen LogP contribution in [0.4, 0.5) is 0 Å². The van der Waals surface area contributed by atoms with Crippen LogP contribution in [0.1, 0.15) is 45.4 Å². The van der Waals surface area contributed by atoms with E-state index in [1.165, 1.54) is 25.7 Å². The lowest BCUT2D eigenvalue weighted by molar-refractivity contribution is 0.136. The van der Waals surface area contributed by atoms with Gasteiger partial charge in [0, 0.05) is 13.1 Å². The number of hydrogen-bond donors (Lipinski definition) is 0. The molecule has 0 aromatic heterocycles. The molecule has 94 valence electrons. The van der Waals surface area contributed by atoms with Crippen molar-refractivity contribution >= 4 is 10.0 Å². The predicted molar refractivity (Wildman–Crippen MR) is 65.7 cm³/mol. The Labute approximate surface area is 99.3 Å². The first kappa shape index (κ1) is 12.4. The number of piperidine rings is 1. The van der Waals surface area contributed by atoms with Gasteiger partial charge in [-0.3, -0.25) is 0 Å². The van der Waals surface area contributed by atoms with Gasteiger partial charge < -0.3 is 0 Å². The highest BCUT2D eigenvalue weighted by atomic mass is 32.2. The minimum atomic E-state index is -2.95. The molecule has 1 heterocycles. The van der Waals surface area contributed by atoms with Crippen LogP contribution in [-0.4, -0.2) is 31.6 Å². The van der Waals surface area contributed by atoms with E-state index in [1.54, 1.807) is 4.31 Å². The van der Waals surface area contributed by atoms with Crippen molar-refractivity contribution in [1.82, 2.24) is 4.31 Å². The van der Waals surface area contributed by atoms with E-state index >= 15 is 0 Å². The molecule has 0 radical (unpaired) electrons. The van der Waals surface area contributed by atoms with Gasteiger partial charge in [0.2, 0.25) is 10.0 Å². The van der Waals surface area contributed by atoms with Crippen molar-refractivity contribution in [3.05, 3.63) is 0 Å². The number of nitrogens with zero attached hydrogens (tertiary/aromatic N) is 1. The maximum Gasteiger partial charge on any atom is 0.214 e. The van der Waals surface area contributed by atoms with E-state index in [4.69, 9.17) is 0 Å². The Kier molecular flexibility index (Phi) is 3.90. The smallest absolute Gasteiger partial charge is 0.212 e. The summed E-state index contributed by atoms with van der Waals surface area (Å²) in [6, 6.07) is 0. The molecule has 2 aliphatic rings. The minimum Gasteiger partial charge on any atom is -0.212 e. The molecular formula is C12H23NO2S. The van der Waals surface area contributed by atoms with Crippen LogP contribution in [-0.2, 0) is 10.0 Å². The van der Waals surface area contributed by atoms with Crippen LogP contribution in [0, 0.1) is 11.8 Å². The molecule has 4 heteroatoms. The Morgan fingerprint density at radius 3 is 2.50 bits per heavy atom. The van der Waals surface area contributed by atoms with Crippen LogP contribution in [0.3, 0.4) is 0 Å². The molecule has 3 nitrogen and oxygen atoms in total. The Bertz CT molecular complexity index is 326. The van der Waals surface area contributed by atoms with Crippen molar-refractivity contribution in [1.29, 1.82) is 0 Å². The lowest BCUT2D eigenvalue weighted by atomic mass is 9.76. The van der Waals surface area contributed by atoms with Gasteiger partial charge in [0.05, 0.1) is 5.75 Å². The highest BCUT2D eigenvalue weighted by Gasteiger charge is 2.35. The van der Waals surface area contributed by atoms with Crippen molar-refractivity contribution in [2.75, 3.05) is 18.8 Å². The summed E-state index contributed by atoms with van der Waals surface area (Å²) in [6.45, 7) is 3.50. The SMILES string of the molecule is CCCS(=O)(=O)N1CCC2CCCCC2C1. The molecule has 2 rings (SSSR count). The van der Waals surface area contributed by atoms with Gasteiger partial charge in [-0.25, -0.2) is 12.7 Å². The highest BCUT2D eigenvalue weighted by molar-refractivity contribution is 7.89. The van der Waals surface area contributed by atoms with Crippen molar-refractivity contribution in [2.45, 2.75) is 45.4 Å². The van der Waals surface area contributed by atoms with Gasteiger partial charge in [-0.2, -0.15) is 0 Å². The topological polar surface area (TPSA) is 37.4 Å². The average molecular weight is 245 g/mol. The third kappa shape index (κ3) is 2.59. The van der Waals surface area contributed by atoms with Crippen molar-refractivity contribution < 1.29 is 8.42 Å². The molecule has 0 N–H and O–H groups in total. The quantitative estimate of drug-likeness (QED) is 0.764. The molecule has 1 aliphatic heterocycles. The lowest BCUT2D eigenvalue weighted by Gasteiger charge is -2.40. The molecular weight excluding hydrogens is 222 g/mol. The van der Waals surface area contributed by atoms with Crippen molar-refractivity contribution in [3.8, 4) is 0 Å². The van der Waals surface area contributed by atoms with E-state index in [9.17, 15) is 8.42 Å². The summed E-state index contributed by atoms with van der Waals surface area (Å²) in [5.41, 5.74) is 0. The zero-order valence-electron chi connectivity index (χ0n) is 10.2. The molecule has 16 heavy (non-hydrogen) atoms. The number of rotatable bonds is 3. The normalized spacial score (nSPS) is 32.3. The fraction of sp³-hybridized carbons (Fsp3) is 1.00. The molecule has 1 aliphatic carbocycles. The molecule has 2 unspecified atom stereocenters. The summed E-state index contributed by atoms with van der Waals surface area (Å²) in [6.07, 6.45) is 7.03. The molecule has 1 saturated carbocycles. The van der Waals surface area contributed by atoms with E-state index in [0.717, 1.165) is 31.8 Å². The molecule has 0 spiro atoms. The van der Waals surface area contributed by atoms with E-state index < -0.39 is 10.0 Å². The van der Waals surface area contributed by atoms with Crippen molar-refractivity contribution in [3.63, 3.8) is 0 Å². The van der Waals surface area contributed by atoms with E-state index in [1.807, 2.05) is 6.92 Å². The molecule has 1 saturated heterocycles. The highest BCUT2D eigenvalue weighted by Crippen LogP contribution is 2.36. The van der Waals surface area contributed by atoms with Crippen molar-refractivity contribution in [2.24, 2.45) is 11.8 Å². The van der Waals surface area contributed by atoms with Gasteiger partial charge in [-0.05, 0) is 31.1 Å². The van der Waals surface area contributed by atoms with Gasteiger partial charge in [0.15, 0.2) is 0 Å². The summed E-state index contributed by atoms with van der Waals surface area (Å²) in [4.78, 5) is 0. The van der Waals surface area contributed by atoms with Crippen LogP contribution in [0.25, 0.3) is 0 Å². The van der Waals surface area contributed by atoms with E-state index in [0.29, 0.717) is 11.7 Å². The molecule has 2 fully saturated rings. The average Bonchev–Trinajstić information content (AvgIpc) is 2.28. The standard InChI is InChI=1S/C12H23NO2S/c1-2-9-16(14,15)13-8-7-11-5-3-4-6-12(11)10-13/h11-12H,2-10H2,1H3. The molecule has 0 aromatic rings. The molecule has 0 amide bonds. The number of sulfonamides is 1. The molecule has 0 aromatic carbocycles. The lowest BCUT2D eigenvalue weighted by Crippen LogP contribution is -2.45. The second-order valence-corrected chi connectivity index (χ2v) is 7.36. The summed E-state index contributed by atoms with van der Waals surface area (Å²) in [5.74, 6) is 1.78. The summed E-state index contributed by atoms with van der Waals surface area (Å²) >= 11 is 0. The fourth-order valence-corrected chi connectivity index (χ4v) is 4.78. The Hall–Kier alpha value is -0.0900. The van der Waals surface area contributed by atoms with Crippen LogP contribution < -0.4 is 0 Å². The van der Waals surface area contributed by atoms with E-state index in [-0.39, 0.29) is 0 Å². The second-order valence-electron chi connectivity index (χ2n) is 5.27. The monoisotopic (exact) mass is 245 g/mol. The molecule has 0 bridgehead atoms. The number of hydrogen-bond acceptors (Lipinski definition) is 2. The van der Waals surface area contributed by atoms with Gasteiger partial charge in [-0.15, -0.1) is 0 Å². The fourth-order valence-electron chi connectivity index (χ4n) is 3.21. The van der Waals surface area contributed by atoms with Crippen LogP contribution in [0.2, 0.25) is 0 Å². The number of fused-ring (bicyclic) bond motifs is 1. The van der Waals surface area contributed by atoms with Crippen LogP contribution in [0.15, 0.2) is 0 Å². The summed E-state index contributed by atoms with van der Waals surface area (Å²) in [7, 11) is -2.95. The van der Waals surface area contributed by atoms with Gasteiger partial charge in [0.1, 0.15) is 0 Å². The largest absolute Gasteiger partial charge is 0.214 e. The summed E-state index contributed by atoms with van der Waals surface area (Å²) < 4.78 is 25.7. The minimum absolute atomic E-state index is 0.324. The van der Waals surface area contributed by atoms with Crippen LogP contribution >= 0.6 is 0 Å². The Morgan fingerprint density at radius 1 is 1.12 bits per heavy atom.